The van der Waals surface area contributed by atoms with E-state index in [1.807, 2.05) is 12.1 Å². The third-order valence-corrected chi connectivity index (χ3v) is 3.03. The van der Waals surface area contributed by atoms with Crippen molar-refractivity contribution in [3.05, 3.63) is 48.0 Å². The SMILES string of the molecule is O=C(c1ccc2[nH]c3ccccc3c2c1)C(F)(F)F. The van der Waals surface area contributed by atoms with E-state index in [0.29, 0.717) is 10.9 Å². The van der Waals surface area contributed by atoms with E-state index in [-0.39, 0.29) is 5.56 Å². The maximum atomic E-state index is 12.4. The fourth-order valence-corrected chi connectivity index (χ4v) is 2.15. The Kier molecular flexibility index (Phi) is 2.38. The molecule has 0 atom stereocenters. The van der Waals surface area contributed by atoms with E-state index < -0.39 is 12.0 Å². The van der Waals surface area contributed by atoms with Crippen LogP contribution in [-0.2, 0) is 0 Å². The number of para-hydroxylation sites is 1. The number of H-pyrrole nitrogens is 1. The van der Waals surface area contributed by atoms with E-state index in [1.54, 1.807) is 12.1 Å². The molecule has 1 heterocycles. The van der Waals surface area contributed by atoms with Gasteiger partial charge in [0.1, 0.15) is 0 Å². The Hall–Kier alpha value is -2.30. The first-order chi connectivity index (χ1) is 8.97. The van der Waals surface area contributed by atoms with Crippen molar-refractivity contribution in [1.82, 2.24) is 4.98 Å². The Morgan fingerprint density at radius 2 is 1.63 bits per heavy atom. The van der Waals surface area contributed by atoms with Gasteiger partial charge >= 0.3 is 6.18 Å². The second-order valence-corrected chi connectivity index (χ2v) is 4.26. The topological polar surface area (TPSA) is 32.9 Å². The molecule has 0 spiro atoms. The number of nitrogens with one attached hydrogen (secondary N) is 1. The largest absolute Gasteiger partial charge is 0.454 e. The van der Waals surface area contributed by atoms with Crippen molar-refractivity contribution in [2.75, 3.05) is 0 Å². The second kappa shape index (κ2) is 3.85. The van der Waals surface area contributed by atoms with Crippen LogP contribution >= 0.6 is 0 Å². The van der Waals surface area contributed by atoms with Gasteiger partial charge in [-0.1, -0.05) is 18.2 Å². The minimum Gasteiger partial charge on any atom is -0.355 e. The van der Waals surface area contributed by atoms with E-state index >= 15 is 0 Å². The normalized spacial score (nSPS) is 12.2. The number of hydrogen-bond acceptors (Lipinski definition) is 1. The summed E-state index contributed by atoms with van der Waals surface area (Å²) in [5.74, 6) is -1.82. The summed E-state index contributed by atoms with van der Waals surface area (Å²) in [5.41, 5.74) is 1.19. The maximum Gasteiger partial charge on any atom is 0.454 e. The summed E-state index contributed by atoms with van der Waals surface area (Å²) in [6.45, 7) is 0. The van der Waals surface area contributed by atoms with E-state index in [0.717, 1.165) is 10.9 Å². The molecule has 3 aromatic rings. The zero-order valence-corrected chi connectivity index (χ0v) is 9.58. The van der Waals surface area contributed by atoms with Gasteiger partial charge in [0, 0.05) is 27.4 Å². The van der Waals surface area contributed by atoms with Crippen molar-refractivity contribution in [1.29, 1.82) is 0 Å². The van der Waals surface area contributed by atoms with Crippen molar-refractivity contribution in [2.24, 2.45) is 0 Å². The molecule has 0 saturated heterocycles. The number of hydrogen-bond donors (Lipinski definition) is 1. The number of benzene rings is 2. The van der Waals surface area contributed by atoms with E-state index in [2.05, 4.69) is 4.98 Å². The Balaban J connectivity index is 2.25. The molecular formula is C14H8F3NO. The van der Waals surface area contributed by atoms with Gasteiger partial charge in [-0.15, -0.1) is 0 Å². The van der Waals surface area contributed by atoms with Gasteiger partial charge in [0.2, 0.25) is 0 Å². The summed E-state index contributed by atoms with van der Waals surface area (Å²) in [7, 11) is 0. The zero-order valence-electron chi connectivity index (χ0n) is 9.58. The number of carbonyl (C=O) groups is 1. The Morgan fingerprint density at radius 1 is 0.947 bits per heavy atom. The molecule has 0 bridgehead atoms. The predicted molar refractivity (Wildman–Crippen MR) is 66.2 cm³/mol. The smallest absolute Gasteiger partial charge is 0.355 e. The van der Waals surface area contributed by atoms with Crippen LogP contribution < -0.4 is 0 Å². The van der Waals surface area contributed by atoms with Gasteiger partial charge in [-0.2, -0.15) is 13.2 Å². The summed E-state index contributed by atoms with van der Waals surface area (Å²) in [5, 5.41) is 1.42. The predicted octanol–water partition coefficient (Wildman–Crippen LogP) is 4.07. The average Bonchev–Trinajstić information content (AvgIpc) is 2.74. The number of fused-ring (bicyclic) bond motifs is 3. The number of aromatic amines is 1. The van der Waals surface area contributed by atoms with Gasteiger partial charge in [0.25, 0.3) is 5.78 Å². The van der Waals surface area contributed by atoms with Crippen molar-refractivity contribution >= 4 is 27.6 Å². The van der Waals surface area contributed by atoms with E-state index in [1.165, 1.54) is 18.2 Å². The van der Waals surface area contributed by atoms with Gasteiger partial charge in [-0.3, -0.25) is 4.79 Å². The molecule has 0 aliphatic carbocycles. The lowest BCUT2D eigenvalue weighted by molar-refractivity contribution is -0.0885. The second-order valence-electron chi connectivity index (χ2n) is 4.26. The van der Waals surface area contributed by atoms with Crippen LogP contribution in [0.15, 0.2) is 42.5 Å². The quantitative estimate of drug-likeness (QED) is 0.660. The standard InChI is InChI=1S/C14H8F3NO/c15-14(16,17)13(19)8-5-6-12-10(7-8)9-3-1-2-4-11(9)18-12/h1-7,18H. The van der Waals surface area contributed by atoms with E-state index in [4.69, 9.17) is 0 Å². The number of aromatic nitrogens is 1. The molecule has 3 rings (SSSR count). The van der Waals surface area contributed by atoms with Crippen LogP contribution in [0.5, 0.6) is 0 Å². The van der Waals surface area contributed by atoms with Crippen LogP contribution in [0, 0.1) is 0 Å². The summed E-state index contributed by atoms with van der Waals surface area (Å²) < 4.78 is 37.3. The van der Waals surface area contributed by atoms with Crippen LogP contribution in [0.1, 0.15) is 10.4 Å². The average molecular weight is 263 g/mol. The van der Waals surface area contributed by atoms with Crippen LogP contribution in [0.4, 0.5) is 13.2 Å². The summed E-state index contributed by atoms with van der Waals surface area (Å²) in [4.78, 5) is 14.3. The first-order valence-corrected chi connectivity index (χ1v) is 5.59. The molecule has 1 N–H and O–H groups in total. The van der Waals surface area contributed by atoms with Crippen LogP contribution in [-0.4, -0.2) is 16.9 Å². The number of halogens is 3. The van der Waals surface area contributed by atoms with Crippen LogP contribution in [0.3, 0.4) is 0 Å². The highest BCUT2D eigenvalue weighted by Gasteiger charge is 2.39. The fourth-order valence-electron chi connectivity index (χ4n) is 2.15. The molecule has 0 fully saturated rings. The molecule has 2 nitrogen and oxygen atoms in total. The number of ketones is 1. The molecular weight excluding hydrogens is 255 g/mol. The highest BCUT2D eigenvalue weighted by atomic mass is 19.4. The zero-order chi connectivity index (χ0) is 13.6. The Morgan fingerprint density at radius 3 is 2.37 bits per heavy atom. The molecule has 5 heteroatoms. The lowest BCUT2D eigenvalue weighted by atomic mass is 10.1. The van der Waals surface area contributed by atoms with Crippen molar-refractivity contribution in [3.63, 3.8) is 0 Å². The van der Waals surface area contributed by atoms with Gasteiger partial charge < -0.3 is 4.98 Å². The third-order valence-electron chi connectivity index (χ3n) is 3.03. The lowest BCUT2D eigenvalue weighted by Crippen LogP contribution is -2.22. The minimum absolute atomic E-state index is 0.343. The number of alkyl halides is 3. The molecule has 0 aliphatic rings. The monoisotopic (exact) mass is 263 g/mol. The molecule has 0 unspecified atom stereocenters. The highest BCUT2D eigenvalue weighted by Crippen LogP contribution is 2.28. The summed E-state index contributed by atoms with van der Waals surface area (Å²) >= 11 is 0. The number of carbonyl (C=O) groups excluding carboxylic acids is 1. The molecule has 0 amide bonds. The Labute approximate surface area is 105 Å². The molecule has 96 valence electrons. The van der Waals surface area contributed by atoms with Gasteiger partial charge in [-0.25, -0.2) is 0 Å². The third kappa shape index (κ3) is 1.87. The minimum atomic E-state index is -4.85. The maximum absolute atomic E-state index is 12.4. The first-order valence-electron chi connectivity index (χ1n) is 5.59. The molecule has 1 aromatic heterocycles. The van der Waals surface area contributed by atoms with Crippen LogP contribution in [0.2, 0.25) is 0 Å². The van der Waals surface area contributed by atoms with Crippen molar-refractivity contribution in [3.8, 4) is 0 Å². The van der Waals surface area contributed by atoms with Gasteiger partial charge in [0.05, 0.1) is 0 Å². The van der Waals surface area contributed by atoms with E-state index in [9.17, 15) is 18.0 Å². The molecule has 0 aliphatic heterocycles. The van der Waals surface area contributed by atoms with Crippen LogP contribution in [0.25, 0.3) is 21.8 Å². The lowest BCUT2D eigenvalue weighted by Gasteiger charge is -2.04. The molecule has 2 aromatic carbocycles. The fraction of sp³-hybridized carbons (Fsp3) is 0.0714. The van der Waals surface area contributed by atoms with Crippen molar-refractivity contribution in [2.45, 2.75) is 6.18 Å². The Bertz CT molecular complexity index is 786. The molecule has 0 saturated carbocycles. The summed E-state index contributed by atoms with van der Waals surface area (Å²) in [6.07, 6.45) is -4.85. The number of Topliss-reactive ketones (excluding diaryl/α,β-unsaturated/α-hetero) is 1. The van der Waals surface area contributed by atoms with Gasteiger partial charge in [-0.05, 0) is 24.3 Å². The highest BCUT2D eigenvalue weighted by molar-refractivity contribution is 6.11. The first kappa shape index (κ1) is 11.8. The van der Waals surface area contributed by atoms with Crippen molar-refractivity contribution < 1.29 is 18.0 Å². The molecule has 0 radical (unpaired) electrons. The van der Waals surface area contributed by atoms with Gasteiger partial charge in [0.15, 0.2) is 0 Å². The molecule has 19 heavy (non-hydrogen) atoms. The number of rotatable bonds is 1. The summed E-state index contributed by atoms with van der Waals surface area (Å²) in [6, 6.07) is 11.2.